The third kappa shape index (κ3) is 4.20. The van der Waals surface area contributed by atoms with E-state index in [0.29, 0.717) is 30.3 Å². The number of aromatic nitrogens is 3. The van der Waals surface area contributed by atoms with Gasteiger partial charge in [0.1, 0.15) is 11.4 Å². The average Bonchev–Trinajstić information content (AvgIpc) is 3.22. The molecule has 0 bridgehead atoms. The topological polar surface area (TPSA) is 108 Å². The van der Waals surface area contributed by atoms with E-state index in [1.807, 2.05) is 49.3 Å². The highest BCUT2D eigenvalue weighted by Gasteiger charge is 2.39. The summed E-state index contributed by atoms with van der Waals surface area (Å²) in [6.45, 7) is 4.93. The predicted molar refractivity (Wildman–Crippen MR) is 133 cm³/mol. The molecule has 1 atom stereocenters. The van der Waals surface area contributed by atoms with Gasteiger partial charge in [-0.2, -0.15) is 10.4 Å². The van der Waals surface area contributed by atoms with Gasteiger partial charge in [0, 0.05) is 38.8 Å². The fourth-order valence-corrected chi connectivity index (χ4v) is 4.36. The molecule has 9 heteroatoms. The maximum atomic E-state index is 12.9. The number of nitrogens with one attached hydrogen (secondary N) is 2. The molecule has 1 amide bonds. The van der Waals surface area contributed by atoms with Crippen molar-refractivity contribution in [3.8, 4) is 6.07 Å². The van der Waals surface area contributed by atoms with Crippen LogP contribution >= 0.6 is 0 Å². The monoisotopic (exact) mass is 459 g/mol. The van der Waals surface area contributed by atoms with Crippen LogP contribution in [-0.4, -0.2) is 55.0 Å². The Morgan fingerprint density at radius 2 is 2.21 bits per heavy atom. The van der Waals surface area contributed by atoms with E-state index in [1.165, 1.54) is 0 Å². The van der Waals surface area contributed by atoms with Crippen molar-refractivity contribution in [1.82, 2.24) is 20.1 Å². The Hall–Kier alpha value is -3.90. The molecule has 1 aromatic carbocycles. The number of anilines is 3. The second-order valence-corrected chi connectivity index (χ2v) is 8.62. The summed E-state index contributed by atoms with van der Waals surface area (Å²) in [5.41, 5.74) is 1.91. The molecule has 2 N–H and O–H groups in total. The molecule has 0 saturated carbocycles. The van der Waals surface area contributed by atoms with Crippen LogP contribution in [0.4, 0.5) is 17.3 Å². The number of nitrogens with zero attached hydrogens (tertiary/aromatic N) is 5. The Morgan fingerprint density at radius 3 is 2.85 bits per heavy atom. The molecule has 1 saturated heterocycles. The summed E-state index contributed by atoms with van der Waals surface area (Å²) >= 11 is 0. The second-order valence-electron chi connectivity index (χ2n) is 8.62. The van der Waals surface area contributed by atoms with E-state index in [9.17, 15) is 10.1 Å². The first-order valence-corrected chi connectivity index (χ1v) is 11.2. The first kappa shape index (κ1) is 23.3. The van der Waals surface area contributed by atoms with Crippen molar-refractivity contribution in [3.05, 3.63) is 48.2 Å². The molecule has 0 radical (unpaired) electrons. The van der Waals surface area contributed by atoms with Crippen molar-refractivity contribution in [2.75, 3.05) is 44.6 Å². The number of ether oxygens (including phenoxy) is 1. The molecule has 3 heterocycles. The molecular formula is C25H29N7O2. The van der Waals surface area contributed by atoms with Crippen LogP contribution in [0.2, 0.25) is 0 Å². The van der Waals surface area contributed by atoms with Crippen LogP contribution in [0.1, 0.15) is 35.3 Å². The highest BCUT2D eigenvalue weighted by Crippen LogP contribution is 2.36. The van der Waals surface area contributed by atoms with E-state index in [0.717, 1.165) is 35.2 Å². The number of pyridine rings is 1. The fourth-order valence-electron chi connectivity index (χ4n) is 4.36. The molecule has 1 fully saturated rings. The number of hydrogen-bond donors (Lipinski definition) is 2. The van der Waals surface area contributed by atoms with Gasteiger partial charge in [0.25, 0.3) is 5.91 Å². The summed E-state index contributed by atoms with van der Waals surface area (Å²) in [5.74, 6) is 0.988. The van der Waals surface area contributed by atoms with Crippen LogP contribution in [-0.2, 0) is 10.3 Å². The van der Waals surface area contributed by atoms with Gasteiger partial charge in [-0.25, -0.2) is 4.98 Å². The smallest absolute Gasteiger partial charge is 0.257 e. The molecule has 3 aromatic rings. The Labute approximate surface area is 199 Å². The predicted octanol–water partition coefficient (Wildman–Crippen LogP) is 3.66. The van der Waals surface area contributed by atoms with Gasteiger partial charge in [0.15, 0.2) is 5.82 Å². The van der Waals surface area contributed by atoms with Gasteiger partial charge >= 0.3 is 0 Å². The lowest BCUT2D eigenvalue weighted by atomic mass is 9.89. The van der Waals surface area contributed by atoms with Crippen LogP contribution in [0.5, 0.6) is 0 Å². The summed E-state index contributed by atoms with van der Waals surface area (Å²) in [7, 11) is 5.48. The molecule has 0 spiro atoms. The Morgan fingerprint density at radius 1 is 1.38 bits per heavy atom. The molecule has 2 aromatic heterocycles. The van der Waals surface area contributed by atoms with Crippen molar-refractivity contribution in [3.63, 3.8) is 0 Å². The van der Waals surface area contributed by atoms with Gasteiger partial charge in [-0.1, -0.05) is 6.58 Å². The second kappa shape index (κ2) is 9.53. The number of carbonyl (C=O) groups excluding carboxylic acids is 1. The zero-order chi connectivity index (χ0) is 24.3. The van der Waals surface area contributed by atoms with Crippen molar-refractivity contribution >= 4 is 40.2 Å². The minimum atomic E-state index is -0.658. The van der Waals surface area contributed by atoms with Crippen LogP contribution in [0, 0.1) is 11.3 Å². The first-order chi connectivity index (χ1) is 16.4. The lowest BCUT2D eigenvalue weighted by Crippen LogP contribution is -2.43. The van der Waals surface area contributed by atoms with Gasteiger partial charge in [-0.3, -0.25) is 9.48 Å². The van der Waals surface area contributed by atoms with Crippen molar-refractivity contribution in [1.29, 1.82) is 5.26 Å². The first-order valence-electron chi connectivity index (χ1n) is 11.2. The van der Waals surface area contributed by atoms with E-state index in [-0.39, 0.29) is 12.3 Å². The number of hydrogen-bond acceptors (Lipinski definition) is 7. The average molecular weight is 460 g/mol. The van der Waals surface area contributed by atoms with E-state index < -0.39 is 5.54 Å². The van der Waals surface area contributed by atoms with Gasteiger partial charge in [-0.15, -0.1) is 0 Å². The van der Waals surface area contributed by atoms with Crippen LogP contribution < -0.4 is 15.5 Å². The van der Waals surface area contributed by atoms with Crippen LogP contribution in [0.15, 0.2) is 36.9 Å². The fraction of sp³-hybridized carbons (Fsp3) is 0.360. The standard InChI is InChI=1S/C25H29N7O2/c1-5-20-22(24(33)27-2)23(30-32(20)25(12-13-26)11-6-14-34-16-25)28-18-8-9-19-17(15-18)7-10-21(29-19)31(3)4/h5,7-10,15H,1,6,11-12,14,16H2,2-4H3,(H,27,33)(H,28,30)/t25-/m0/s1. The summed E-state index contributed by atoms with van der Waals surface area (Å²) in [6, 6.07) is 12.1. The van der Waals surface area contributed by atoms with E-state index in [1.54, 1.807) is 17.8 Å². The number of nitriles is 1. The van der Waals surface area contributed by atoms with E-state index in [2.05, 4.69) is 28.3 Å². The minimum absolute atomic E-state index is 0.220. The molecular weight excluding hydrogens is 430 g/mol. The quantitative estimate of drug-likeness (QED) is 0.555. The maximum Gasteiger partial charge on any atom is 0.257 e. The highest BCUT2D eigenvalue weighted by molar-refractivity contribution is 6.02. The number of amides is 1. The summed E-state index contributed by atoms with van der Waals surface area (Å²) in [4.78, 5) is 19.5. The zero-order valence-corrected chi connectivity index (χ0v) is 19.8. The lowest BCUT2D eigenvalue weighted by Gasteiger charge is -2.36. The van der Waals surface area contributed by atoms with Gasteiger partial charge in [0.05, 0.1) is 35.8 Å². The molecule has 9 nitrogen and oxygen atoms in total. The Bertz CT molecular complexity index is 1270. The summed E-state index contributed by atoms with van der Waals surface area (Å²) in [5, 5.41) is 21.3. The van der Waals surface area contributed by atoms with Crippen molar-refractivity contribution in [2.24, 2.45) is 0 Å². The normalized spacial score (nSPS) is 17.7. The van der Waals surface area contributed by atoms with Gasteiger partial charge in [0.2, 0.25) is 0 Å². The number of benzene rings is 1. The number of rotatable bonds is 7. The van der Waals surface area contributed by atoms with Crippen LogP contribution in [0.25, 0.3) is 17.0 Å². The number of carbonyl (C=O) groups is 1. The zero-order valence-electron chi connectivity index (χ0n) is 19.8. The summed E-state index contributed by atoms with van der Waals surface area (Å²) in [6.07, 6.45) is 3.37. The van der Waals surface area contributed by atoms with Gasteiger partial charge in [-0.05, 0) is 49.2 Å². The van der Waals surface area contributed by atoms with Crippen LogP contribution in [0.3, 0.4) is 0 Å². The molecule has 4 rings (SSSR count). The van der Waals surface area contributed by atoms with E-state index >= 15 is 0 Å². The van der Waals surface area contributed by atoms with Crippen molar-refractivity contribution < 1.29 is 9.53 Å². The van der Waals surface area contributed by atoms with E-state index in [4.69, 9.17) is 9.84 Å². The molecule has 1 aliphatic rings. The third-order valence-corrected chi connectivity index (χ3v) is 6.12. The molecule has 1 aliphatic heterocycles. The third-order valence-electron chi connectivity index (χ3n) is 6.12. The highest BCUT2D eigenvalue weighted by atomic mass is 16.5. The summed E-state index contributed by atoms with van der Waals surface area (Å²) < 4.78 is 7.49. The molecule has 34 heavy (non-hydrogen) atoms. The largest absolute Gasteiger partial charge is 0.379 e. The SMILES string of the molecule is C=Cc1c(C(=O)NC)c(Nc2ccc3nc(N(C)C)ccc3c2)nn1[C@]1(CC#N)CCCOC1. The Kier molecular flexibility index (Phi) is 6.52. The molecule has 176 valence electrons. The Balaban J connectivity index is 1.79. The van der Waals surface area contributed by atoms with Crippen molar-refractivity contribution in [2.45, 2.75) is 24.8 Å². The molecule has 0 aliphatic carbocycles. The molecule has 0 unspecified atom stereocenters. The van der Waals surface area contributed by atoms with Gasteiger partial charge < -0.3 is 20.3 Å². The number of fused-ring (bicyclic) bond motifs is 1. The minimum Gasteiger partial charge on any atom is -0.379 e. The lowest BCUT2D eigenvalue weighted by molar-refractivity contribution is -0.00439. The maximum absolute atomic E-state index is 12.9.